The third-order valence-electron chi connectivity index (χ3n) is 5.54. The number of anilines is 1. The molecular formula is C27H32N2O6S. The second-order valence-corrected chi connectivity index (χ2v) is 10.3. The van der Waals surface area contributed by atoms with E-state index in [1.54, 1.807) is 31.2 Å². The minimum absolute atomic E-state index is 0.0236. The monoisotopic (exact) mass is 512 g/mol. The molecule has 0 aliphatic heterocycles. The average Bonchev–Trinajstić information content (AvgIpc) is 2.86. The average molecular weight is 513 g/mol. The lowest BCUT2D eigenvalue weighted by Gasteiger charge is -2.25. The van der Waals surface area contributed by atoms with Crippen LogP contribution in [0.25, 0.3) is 0 Å². The molecule has 0 bridgehead atoms. The summed E-state index contributed by atoms with van der Waals surface area (Å²) in [5, 5.41) is 2.83. The van der Waals surface area contributed by atoms with Crippen LogP contribution >= 0.6 is 0 Å². The number of nitrogens with zero attached hydrogens (tertiary/aromatic N) is 1. The van der Waals surface area contributed by atoms with Gasteiger partial charge in [-0.05, 0) is 56.7 Å². The van der Waals surface area contributed by atoms with Gasteiger partial charge in [0.2, 0.25) is 5.91 Å². The Morgan fingerprint density at radius 1 is 0.917 bits per heavy atom. The highest BCUT2D eigenvalue weighted by Crippen LogP contribution is 2.32. The van der Waals surface area contributed by atoms with Gasteiger partial charge in [0.25, 0.3) is 10.0 Å². The number of sulfonamides is 1. The summed E-state index contributed by atoms with van der Waals surface area (Å²) in [6, 6.07) is 18.5. The number of ether oxygens (including phenoxy) is 3. The van der Waals surface area contributed by atoms with Crippen LogP contribution in [0.4, 0.5) is 5.69 Å². The van der Waals surface area contributed by atoms with Gasteiger partial charge in [0.15, 0.2) is 11.5 Å². The van der Waals surface area contributed by atoms with E-state index < -0.39 is 22.5 Å². The Kier molecular flexibility index (Phi) is 8.82. The molecule has 0 aromatic heterocycles. The number of nitrogens with one attached hydrogen (secondary N) is 1. The van der Waals surface area contributed by atoms with Crippen molar-refractivity contribution in [1.29, 1.82) is 0 Å². The van der Waals surface area contributed by atoms with Crippen molar-refractivity contribution in [3.05, 3.63) is 77.9 Å². The summed E-state index contributed by atoms with van der Waals surface area (Å²) < 4.78 is 44.8. The zero-order chi connectivity index (χ0) is 26.3. The summed E-state index contributed by atoms with van der Waals surface area (Å²) in [5.41, 5.74) is 2.32. The molecule has 3 aromatic rings. The minimum Gasteiger partial charge on any atom is -0.493 e. The number of aryl methyl sites for hydroxylation is 2. The van der Waals surface area contributed by atoms with E-state index in [1.165, 1.54) is 32.4 Å². The minimum atomic E-state index is -4.11. The van der Waals surface area contributed by atoms with Crippen LogP contribution in [0, 0.1) is 13.8 Å². The van der Waals surface area contributed by atoms with Crippen LogP contribution in [0.2, 0.25) is 0 Å². The Morgan fingerprint density at radius 3 is 2.22 bits per heavy atom. The highest BCUT2D eigenvalue weighted by molar-refractivity contribution is 7.92. The number of carbonyl (C=O) groups is 1. The number of hydrogen-bond donors (Lipinski definition) is 1. The normalized spacial score (nSPS) is 11.9. The SMILES string of the molecule is COc1ccc(S(=O)(=O)N(CC(=O)NC(C)COc2ccccc2C)c2ccc(C)cc2)cc1OC. The third kappa shape index (κ3) is 6.48. The van der Waals surface area contributed by atoms with Gasteiger partial charge in [-0.25, -0.2) is 8.42 Å². The fraction of sp³-hybridized carbons (Fsp3) is 0.296. The molecule has 0 spiro atoms. The van der Waals surface area contributed by atoms with E-state index in [2.05, 4.69) is 5.32 Å². The Labute approximate surface area is 212 Å². The highest BCUT2D eigenvalue weighted by Gasteiger charge is 2.28. The predicted octanol–water partition coefficient (Wildman–Crippen LogP) is 4.10. The number of rotatable bonds is 11. The lowest BCUT2D eigenvalue weighted by atomic mass is 10.2. The van der Waals surface area contributed by atoms with Crippen LogP contribution in [0.15, 0.2) is 71.6 Å². The Morgan fingerprint density at radius 2 is 1.58 bits per heavy atom. The molecule has 0 heterocycles. The number of benzene rings is 3. The molecule has 1 amide bonds. The van der Waals surface area contributed by atoms with Gasteiger partial charge in [0.05, 0.1) is 30.8 Å². The first-order valence-corrected chi connectivity index (χ1v) is 12.9. The molecule has 1 unspecified atom stereocenters. The summed E-state index contributed by atoms with van der Waals surface area (Å²) in [5.74, 6) is 0.948. The summed E-state index contributed by atoms with van der Waals surface area (Å²) in [6.07, 6.45) is 0. The van der Waals surface area contributed by atoms with Gasteiger partial charge in [-0.3, -0.25) is 9.10 Å². The zero-order valence-corrected chi connectivity index (χ0v) is 22.0. The van der Waals surface area contributed by atoms with Gasteiger partial charge < -0.3 is 19.5 Å². The van der Waals surface area contributed by atoms with Crippen molar-refractivity contribution in [2.24, 2.45) is 0 Å². The molecule has 1 N–H and O–H groups in total. The van der Waals surface area contributed by atoms with Gasteiger partial charge in [0, 0.05) is 6.07 Å². The van der Waals surface area contributed by atoms with E-state index in [0.29, 0.717) is 11.4 Å². The summed E-state index contributed by atoms with van der Waals surface area (Å²) in [7, 11) is -1.21. The molecule has 1 atom stereocenters. The second kappa shape index (κ2) is 11.8. The van der Waals surface area contributed by atoms with Crippen molar-refractivity contribution in [3.8, 4) is 17.2 Å². The van der Waals surface area contributed by atoms with Crippen LogP contribution < -0.4 is 23.8 Å². The van der Waals surface area contributed by atoms with Crippen molar-refractivity contribution in [2.75, 3.05) is 31.7 Å². The fourth-order valence-corrected chi connectivity index (χ4v) is 4.99. The van der Waals surface area contributed by atoms with Crippen LogP contribution in [0.5, 0.6) is 17.2 Å². The van der Waals surface area contributed by atoms with Crippen LogP contribution in [-0.2, 0) is 14.8 Å². The maximum atomic E-state index is 13.7. The molecule has 9 heteroatoms. The summed E-state index contributed by atoms with van der Waals surface area (Å²) in [6.45, 7) is 5.48. The van der Waals surface area contributed by atoms with E-state index in [-0.39, 0.29) is 23.3 Å². The highest BCUT2D eigenvalue weighted by atomic mass is 32.2. The standard InChI is InChI=1S/C27H32N2O6S/c1-19-10-12-22(13-11-19)29(36(31,32)23-14-15-25(33-4)26(16-23)34-5)17-27(30)28-21(3)18-35-24-9-7-6-8-20(24)2/h6-16,21H,17-18H2,1-5H3,(H,28,30). The molecule has 3 aromatic carbocycles. The van der Waals surface area contributed by atoms with Crippen LogP contribution in [-0.4, -0.2) is 47.7 Å². The first-order valence-electron chi connectivity index (χ1n) is 11.4. The molecule has 0 saturated heterocycles. The molecule has 0 aliphatic rings. The van der Waals surface area contributed by atoms with E-state index in [1.807, 2.05) is 38.1 Å². The molecular weight excluding hydrogens is 480 g/mol. The van der Waals surface area contributed by atoms with Gasteiger partial charge >= 0.3 is 0 Å². The maximum Gasteiger partial charge on any atom is 0.264 e. The van der Waals surface area contributed by atoms with Gasteiger partial charge in [-0.15, -0.1) is 0 Å². The third-order valence-corrected chi connectivity index (χ3v) is 7.31. The number of para-hydroxylation sites is 1. The quantitative estimate of drug-likeness (QED) is 0.416. The van der Waals surface area contributed by atoms with E-state index >= 15 is 0 Å². The molecule has 36 heavy (non-hydrogen) atoms. The van der Waals surface area contributed by atoms with Gasteiger partial charge in [-0.1, -0.05) is 35.9 Å². The summed E-state index contributed by atoms with van der Waals surface area (Å²) >= 11 is 0. The van der Waals surface area contributed by atoms with Crippen molar-refractivity contribution in [1.82, 2.24) is 5.32 Å². The molecule has 0 saturated carbocycles. The lowest BCUT2D eigenvalue weighted by molar-refractivity contribution is -0.120. The first-order chi connectivity index (χ1) is 17.1. The van der Waals surface area contributed by atoms with E-state index in [9.17, 15) is 13.2 Å². The number of methoxy groups -OCH3 is 2. The number of hydrogen-bond acceptors (Lipinski definition) is 6. The van der Waals surface area contributed by atoms with E-state index in [0.717, 1.165) is 21.2 Å². The smallest absolute Gasteiger partial charge is 0.264 e. The van der Waals surface area contributed by atoms with Crippen molar-refractivity contribution in [3.63, 3.8) is 0 Å². The zero-order valence-electron chi connectivity index (χ0n) is 21.1. The molecule has 8 nitrogen and oxygen atoms in total. The molecule has 3 rings (SSSR count). The number of carbonyl (C=O) groups excluding carboxylic acids is 1. The van der Waals surface area contributed by atoms with Gasteiger partial charge in [-0.2, -0.15) is 0 Å². The van der Waals surface area contributed by atoms with Crippen LogP contribution in [0.1, 0.15) is 18.1 Å². The molecule has 0 aliphatic carbocycles. The van der Waals surface area contributed by atoms with E-state index in [4.69, 9.17) is 14.2 Å². The van der Waals surface area contributed by atoms with Gasteiger partial charge in [0.1, 0.15) is 18.9 Å². The van der Waals surface area contributed by atoms with Crippen molar-refractivity contribution >= 4 is 21.6 Å². The van der Waals surface area contributed by atoms with Crippen molar-refractivity contribution < 1.29 is 27.4 Å². The Hall–Kier alpha value is -3.72. The Bertz CT molecular complexity index is 1290. The Balaban J connectivity index is 1.82. The molecule has 0 fully saturated rings. The first kappa shape index (κ1) is 26.9. The molecule has 192 valence electrons. The van der Waals surface area contributed by atoms with Crippen molar-refractivity contribution in [2.45, 2.75) is 31.7 Å². The molecule has 0 radical (unpaired) electrons. The lowest BCUT2D eigenvalue weighted by Crippen LogP contribution is -2.45. The topological polar surface area (TPSA) is 94.2 Å². The fourth-order valence-electron chi connectivity index (χ4n) is 3.56. The van der Waals surface area contributed by atoms with Crippen LogP contribution in [0.3, 0.4) is 0 Å². The largest absolute Gasteiger partial charge is 0.493 e. The summed E-state index contributed by atoms with van der Waals surface area (Å²) in [4.78, 5) is 12.9. The number of amides is 1. The predicted molar refractivity (Wildman–Crippen MR) is 140 cm³/mol. The second-order valence-electron chi connectivity index (χ2n) is 8.41. The maximum absolute atomic E-state index is 13.7.